The van der Waals surface area contributed by atoms with Gasteiger partial charge in [0.15, 0.2) is 0 Å². The normalized spacial score (nSPS) is 28.7. The Hall–Kier alpha value is -1.70. The molecule has 2 amide bonds. The van der Waals surface area contributed by atoms with Crippen LogP contribution < -0.4 is 10.6 Å². The number of nitrogens with zero attached hydrogens (tertiary/aromatic N) is 2. The molecule has 0 bridgehead atoms. The smallest absolute Gasteiger partial charge is 0.319 e. The molecule has 0 spiro atoms. The first kappa shape index (κ1) is 17.1. The van der Waals surface area contributed by atoms with E-state index in [0.717, 1.165) is 25.6 Å². The standard InChI is InChI=1S/C17H26N4O3/c1-12-4-7-21(8-5-12)10-15-16(22)14(11-24-15)20-17(23)19-13-3-2-6-18-9-13/h2-3,6,9,12,14-16,22H,4-5,7-8,10-11H2,1H3,(H2,19,20,23)/t14-,15-,16+/m0/s1. The van der Waals surface area contributed by atoms with Gasteiger partial charge in [0.1, 0.15) is 6.10 Å². The Labute approximate surface area is 142 Å². The van der Waals surface area contributed by atoms with Crippen molar-refractivity contribution in [2.45, 2.75) is 38.0 Å². The zero-order valence-corrected chi connectivity index (χ0v) is 14.0. The predicted molar refractivity (Wildman–Crippen MR) is 90.8 cm³/mol. The number of anilines is 1. The molecule has 2 aliphatic rings. The number of aromatic nitrogens is 1. The Morgan fingerprint density at radius 1 is 1.46 bits per heavy atom. The summed E-state index contributed by atoms with van der Waals surface area (Å²) < 4.78 is 5.71. The number of urea groups is 1. The van der Waals surface area contributed by atoms with Crippen molar-refractivity contribution >= 4 is 11.7 Å². The van der Waals surface area contributed by atoms with E-state index in [4.69, 9.17) is 4.74 Å². The molecule has 2 fully saturated rings. The van der Waals surface area contributed by atoms with Crippen LogP contribution in [-0.2, 0) is 4.74 Å². The third kappa shape index (κ3) is 4.43. The molecule has 0 radical (unpaired) electrons. The number of aliphatic hydroxyl groups is 1. The molecule has 3 atom stereocenters. The number of carbonyl (C=O) groups excluding carboxylic acids is 1. The maximum atomic E-state index is 12.0. The van der Waals surface area contributed by atoms with Gasteiger partial charge in [-0.15, -0.1) is 0 Å². The van der Waals surface area contributed by atoms with Crippen LogP contribution in [-0.4, -0.2) is 65.5 Å². The van der Waals surface area contributed by atoms with Crippen molar-refractivity contribution in [3.8, 4) is 0 Å². The van der Waals surface area contributed by atoms with Crippen LogP contribution >= 0.6 is 0 Å². The number of ether oxygens (including phenoxy) is 1. The number of hydrogen-bond donors (Lipinski definition) is 3. The molecule has 3 N–H and O–H groups in total. The van der Waals surface area contributed by atoms with Gasteiger partial charge < -0.3 is 25.4 Å². The number of aliphatic hydroxyl groups excluding tert-OH is 1. The van der Waals surface area contributed by atoms with Crippen molar-refractivity contribution in [2.75, 3.05) is 31.6 Å². The highest BCUT2D eigenvalue weighted by Crippen LogP contribution is 2.20. The fourth-order valence-electron chi connectivity index (χ4n) is 3.24. The molecule has 7 heteroatoms. The Balaban J connectivity index is 1.45. The molecular formula is C17H26N4O3. The molecule has 3 rings (SSSR count). The second-order valence-corrected chi connectivity index (χ2v) is 6.79. The van der Waals surface area contributed by atoms with Crippen molar-refractivity contribution < 1.29 is 14.6 Å². The van der Waals surface area contributed by atoms with Crippen LogP contribution in [0.1, 0.15) is 19.8 Å². The van der Waals surface area contributed by atoms with Crippen LogP contribution in [0.2, 0.25) is 0 Å². The number of rotatable bonds is 4. The second-order valence-electron chi connectivity index (χ2n) is 6.79. The summed E-state index contributed by atoms with van der Waals surface area (Å²) in [4.78, 5) is 18.3. The lowest BCUT2D eigenvalue weighted by Crippen LogP contribution is -2.48. The number of pyridine rings is 1. The third-order valence-corrected chi connectivity index (χ3v) is 4.83. The van der Waals surface area contributed by atoms with Gasteiger partial charge in [-0.25, -0.2) is 4.79 Å². The van der Waals surface area contributed by atoms with Crippen molar-refractivity contribution in [1.29, 1.82) is 0 Å². The molecule has 2 aliphatic heterocycles. The summed E-state index contributed by atoms with van der Waals surface area (Å²) in [7, 11) is 0. The van der Waals surface area contributed by atoms with Crippen molar-refractivity contribution in [3.05, 3.63) is 24.5 Å². The lowest BCUT2D eigenvalue weighted by Gasteiger charge is -2.32. The molecule has 0 unspecified atom stereocenters. The summed E-state index contributed by atoms with van der Waals surface area (Å²) in [6.07, 6.45) is 4.66. The van der Waals surface area contributed by atoms with E-state index >= 15 is 0 Å². The van der Waals surface area contributed by atoms with Gasteiger partial charge >= 0.3 is 6.03 Å². The minimum atomic E-state index is -0.691. The Morgan fingerprint density at radius 2 is 2.25 bits per heavy atom. The van der Waals surface area contributed by atoms with Gasteiger partial charge in [-0.2, -0.15) is 0 Å². The predicted octanol–water partition coefficient (Wildman–Crippen LogP) is 1.06. The molecule has 0 aromatic carbocycles. The van der Waals surface area contributed by atoms with Gasteiger partial charge in [0.25, 0.3) is 0 Å². The van der Waals surface area contributed by atoms with E-state index in [1.807, 2.05) is 0 Å². The summed E-state index contributed by atoms with van der Waals surface area (Å²) in [5, 5.41) is 15.9. The van der Waals surface area contributed by atoms with Gasteiger partial charge in [0.2, 0.25) is 0 Å². The zero-order valence-electron chi connectivity index (χ0n) is 14.0. The van der Waals surface area contributed by atoms with E-state index in [1.165, 1.54) is 12.8 Å². The Morgan fingerprint density at radius 3 is 2.96 bits per heavy atom. The van der Waals surface area contributed by atoms with Gasteiger partial charge in [-0.3, -0.25) is 4.98 Å². The fraction of sp³-hybridized carbons (Fsp3) is 0.647. The quantitative estimate of drug-likeness (QED) is 0.767. The number of piperidine rings is 1. The SMILES string of the molecule is CC1CCN(C[C@@H]2OC[C@H](NC(=O)Nc3cccnc3)[C@H]2O)CC1. The lowest BCUT2D eigenvalue weighted by molar-refractivity contribution is 0.00883. The molecule has 0 aliphatic carbocycles. The molecule has 7 nitrogen and oxygen atoms in total. The minimum absolute atomic E-state index is 0.248. The highest BCUT2D eigenvalue weighted by Gasteiger charge is 2.38. The summed E-state index contributed by atoms with van der Waals surface area (Å²) in [6.45, 7) is 5.42. The maximum absolute atomic E-state index is 12.0. The topological polar surface area (TPSA) is 86.7 Å². The van der Waals surface area contributed by atoms with Crippen LogP contribution in [0, 0.1) is 5.92 Å². The first-order valence-electron chi connectivity index (χ1n) is 8.61. The summed E-state index contributed by atoms with van der Waals surface area (Å²) in [6, 6.07) is 2.76. The van der Waals surface area contributed by atoms with E-state index in [-0.39, 0.29) is 12.1 Å². The van der Waals surface area contributed by atoms with E-state index in [0.29, 0.717) is 12.3 Å². The molecule has 1 aromatic heterocycles. The molecule has 1 aromatic rings. The average Bonchev–Trinajstić information content (AvgIpc) is 2.91. The summed E-state index contributed by atoms with van der Waals surface area (Å²) in [5.74, 6) is 0.779. The monoisotopic (exact) mass is 334 g/mol. The van der Waals surface area contributed by atoms with E-state index < -0.39 is 12.1 Å². The van der Waals surface area contributed by atoms with Crippen LogP contribution in [0.4, 0.5) is 10.5 Å². The van der Waals surface area contributed by atoms with Crippen molar-refractivity contribution in [1.82, 2.24) is 15.2 Å². The number of nitrogens with one attached hydrogen (secondary N) is 2. The number of amides is 2. The zero-order chi connectivity index (χ0) is 16.9. The van der Waals surface area contributed by atoms with Crippen LogP contribution in [0.3, 0.4) is 0 Å². The molecule has 0 saturated carbocycles. The van der Waals surface area contributed by atoms with Crippen LogP contribution in [0.15, 0.2) is 24.5 Å². The van der Waals surface area contributed by atoms with E-state index in [2.05, 4.69) is 27.4 Å². The highest BCUT2D eigenvalue weighted by molar-refractivity contribution is 5.89. The first-order chi connectivity index (χ1) is 11.6. The van der Waals surface area contributed by atoms with Crippen LogP contribution in [0.5, 0.6) is 0 Å². The molecular weight excluding hydrogens is 308 g/mol. The Kier molecular flexibility index (Phi) is 5.65. The van der Waals surface area contributed by atoms with Crippen LogP contribution in [0.25, 0.3) is 0 Å². The van der Waals surface area contributed by atoms with E-state index in [1.54, 1.807) is 24.5 Å². The third-order valence-electron chi connectivity index (χ3n) is 4.83. The Bertz CT molecular complexity index is 534. The highest BCUT2D eigenvalue weighted by atomic mass is 16.5. The molecule has 3 heterocycles. The first-order valence-corrected chi connectivity index (χ1v) is 8.61. The second kappa shape index (κ2) is 7.92. The summed E-state index contributed by atoms with van der Waals surface area (Å²) in [5.41, 5.74) is 0.613. The van der Waals surface area contributed by atoms with E-state index in [9.17, 15) is 9.90 Å². The fourth-order valence-corrected chi connectivity index (χ4v) is 3.24. The number of hydrogen-bond acceptors (Lipinski definition) is 5. The van der Waals surface area contributed by atoms with Gasteiger partial charge in [-0.1, -0.05) is 6.92 Å². The molecule has 132 valence electrons. The number of likely N-dealkylation sites (tertiary alicyclic amines) is 1. The van der Waals surface area contributed by atoms with Gasteiger partial charge in [0, 0.05) is 12.7 Å². The summed E-state index contributed by atoms with van der Waals surface area (Å²) >= 11 is 0. The average molecular weight is 334 g/mol. The van der Waals surface area contributed by atoms with Crippen molar-refractivity contribution in [2.24, 2.45) is 5.92 Å². The molecule has 2 saturated heterocycles. The van der Waals surface area contributed by atoms with Gasteiger partial charge in [0.05, 0.1) is 30.6 Å². The maximum Gasteiger partial charge on any atom is 0.319 e. The lowest BCUT2D eigenvalue weighted by atomic mass is 9.98. The largest absolute Gasteiger partial charge is 0.388 e. The van der Waals surface area contributed by atoms with Gasteiger partial charge in [-0.05, 0) is 44.0 Å². The number of carbonyl (C=O) groups is 1. The van der Waals surface area contributed by atoms with Crippen molar-refractivity contribution in [3.63, 3.8) is 0 Å². The molecule has 24 heavy (non-hydrogen) atoms. The minimum Gasteiger partial charge on any atom is -0.388 e.